The number of aromatic nitrogens is 1. The fraction of sp³-hybridized carbons (Fsp3) is 0.625. The Balaban J connectivity index is 1.35. The quantitative estimate of drug-likeness (QED) is 0.317. The zero-order valence-corrected chi connectivity index (χ0v) is 22.3. The average Bonchev–Trinajstić information content (AvgIpc) is 3.63. The third-order valence-corrected chi connectivity index (χ3v) is 9.81. The van der Waals surface area contributed by atoms with Crippen molar-refractivity contribution in [3.63, 3.8) is 0 Å². The molecule has 12 nitrogen and oxygen atoms in total. The number of carbonyl (C=O) groups is 4. The Kier molecular flexibility index (Phi) is 7.52. The predicted molar refractivity (Wildman–Crippen MR) is 130 cm³/mol. The molecule has 0 spiro atoms. The van der Waals surface area contributed by atoms with E-state index in [4.69, 9.17) is 14.2 Å². The number of fused-ring (bicyclic) bond motifs is 1. The summed E-state index contributed by atoms with van der Waals surface area (Å²) in [6.07, 6.45) is -0.252. The minimum atomic E-state index is -1.45. The van der Waals surface area contributed by atoms with Crippen molar-refractivity contribution in [3.05, 3.63) is 26.2 Å². The molecule has 2 unspecified atom stereocenters. The summed E-state index contributed by atoms with van der Waals surface area (Å²) in [7, 11) is 0. The number of carbonyl (C=O) groups excluding carboxylic acids is 3. The van der Waals surface area contributed by atoms with Crippen molar-refractivity contribution in [2.45, 2.75) is 75.2 Å². The van der Waals surface area contributed by atoms with Gasteiger partial charge in [-0.15, -0.1) is 11.3 Å². The first-order chi connectivity index (χ1) is 18.1. The average molecular weight is 568 g/mol. The summed E-state index contributed by atoms with van der Waals surface area (Å²) in [4.78, 5) is 56.2. The number of aliphatic hydroxyl groups is 1. The minimum Gasteiger partial charge on any atom is -0.543 e. The summed E-state index contributed by atoms with van der Waals surface area (Å²) in [5.41, 5.74) is -0.290. The van der Waals surface area contributed by atoms with Crippen LogP contribution in [0.2, 0.25) is 0 Å². The number of hydrogen-bond acceptors (Lipinski definition) is 12. The molecule has 0 saturated carbocycles. The molecule has 1 aromatic heterocycles. The molecule has 1 amide bonds. The Bertz CT molecular complexity index is 1180. The molecular formula is C24H27N2O10S2-. The molecule has 0 bridgehead atoms. The lowest BCUT2D eigenvalue weighted by molar-refractivity contribution is -0.301. The van der Waals surface area contributed by atoms with E-state index in [1.54, 1.807) is 6.92 Å². The van der Waals surface area contributed by atoms with Crippen LogP contribution in [0.25, 0.3) is 0 Å². The number of ether oxygens (including phenoxy) is 3. The lowest BCUT2D eigenvalue weighted by atomic mass is 9.91. The Hall–Kier alpha value is -2.52. The second-order valence-electron chi connectivity index (χ2n) is 9.68. The molecule has 14 heteroatoms. The lowest BCUT2D eigenvalue weighted by Gasteiger charge is -2.45. The number of thioether (sulfide) groups is 1. The van der Waals surface area contributed by atoms with Crippen molar-refractivity contribution in [1.82, 2.24) is 9.88 Å². The number of β-lactam (4-membered cyclic amide) rings is 1. The van der Waals surface area contributed by atoms with Crippen LogP contribution in [0, 0.1) is 5.92 Å². The van der Waals surface area contributed by atoms with Crippen LogP contribution in [0.5, 0.6) is 0 Å². The zero-order chi connectivity index (χ0) is 27.3. The van der Waals surface area contributed by atoms with Gasteiger partial charge in [0.05, 0.1) is 34.9 Å². The van der Waals surface area contributed by atoms with Crippen molar-refractivity contribution < 1.29 is 48.7 Å². The number of nitrogens with zero attached hydrogens (tertiary/aromatic N) is 2. The third-order valence-electron chi connectivity index (χ3n) is 7.12. The van der Waals surface area contributed by atoms with Gasteiger partial charge in [-0.1, -0.05) is 11.8 Å². The van der Waals surface area contributed by atoms with Gasteiger partial charge < -0.3 is 34.3 Å². The normalized spacial score (nSPS) is 29.1. The summed E-state index contributed by atoms with van der Waals surface area (Å²) in [5.74, 6) is -6.20. The van der Waals surface area contributed by atoms with Crippen LogP contribution in [0.15, 0.2) is 10.6 Å². The molecule has 4 aliphatic heterocycles. The van der Waals surface area contributed by atoms with Crippen molar-refractivity contribution >= 4 is 46.9 Å². The molecule has 7 atom stereocenters. The van der Waals surface area contributed by atoms with Crippen molar-refractivity contribution in [2.75, 3.05) is 13.2 Å². The SMILES string of the molecule is CC(OC(=O)c1nc(C(C(=O)O)[C@@H](C)O)sc1[C@H]1CCCO1)[C@@H]1C(=O)N2C(C(=O)[O-])=C([C@H]3CCCO3)S[C@@H]12. The summed E-state index contributed by atoms with van der Waals surface area (Å²) < 4.78 is 17.0. The van der Waals surface area contributed by atoms with Gasteiger partial charge in [-0.2, -0.15) is 0 Å². The molecular weight excluding hydrogens is 540 g/mol. The first kappa shape index (κ1) is 27.1. The highest BCUT2D eigenvalue weighted by Crippen LogP contribution is 2.53. The van der Waals surface area contributed by atoms with Crippen LogP contribution in [0.3, 0.4) is 0 Å². The highest BCUT2D eigenvalue weighted by Gasteiger charge is 2.58. The van der Waals surface area contributed by atoms with Crippen LogP contribution >= 0.6 is 23.1 Å². The van der Waals surface area contributed by atoms with E-state index in [0.29, 0.717) is 35.8 Å². The number of amides is 1. The third kappa shape index (κ3) is 4.62. The first-order valence-electron chi connectivity index (χ1n) is 12.4. The Morgan fingerprint density at radius 1 is 1.16 bits per heavy atom. The van der Waals surface area contributed by atoms with Crippen molar-refractivity contribution in [2.24, 2.45) is 5.92 Å². The van der Waals surface area contributed by atoms with Crippen molar-refractivity contribution in [3.8, 4) is 0 Å². The van der Waals surface area contributed by atoms with Crippen LogP contribution < -0.4 is 5.11 Å². The number of hydrogen-bond donors (Lipinski definition) is 2. The molecule has 0 radical (unpaired) electrons. The van der Waals surface area contributed by atoms with Crippen LogP contribution in [-0.2, 0) is 28.6 Å². The number of thiazole rings is 1. The lowest BCUT2D eigenvalue weighted by Crippen LogP contribution is -2.62. The van der Waals surface area contributed by atoms with Crippen LogP contribution in [0.1, 0.15) is 71.9 Å². The maximum Gasteiger partial charge on any atom is 0.358 e. The standard InChI is InChI=1S/C24H28N2O10S2/c1-9(27)13(22(29)30)19-25-15(17(37-19)11-5-3-7-34-11)24(33)36-10(2)14-20(28)26-16(23(31)32)18(38-21(14)26)12-6-4-8-35-12/h9-14,21,27H,3-8H2,1-2H3,(H,29,30)(H,31,32)/p-1/t9-,10?,11-,12-,13?,14-,21+/m1/s1. The summed E-state index contributed by atoms with van der Waals surface area (Å²) in [6, 6.07) is 0. The van der Waals surface area contributed by atoms with Crippen LogP contribution in [0.4, 0.5) is 0 Å². The molecule has 5 rings (SSSR count). The van der Waals surface area contributed by atoms with Gasteiger partial charge in [-0.3, -0.25) is 14.5 Å². The topological polar surface area (TPSA) is 176 Å². The maximum atomic E-state index is 13.3. The highest BCUT2D eigenvalue weighted by molar-refractivity contribution is 8.04. The second-order valence-corrected chi connectivity index (χ2v) is 11.9. The highest BCUT2D eigenvalue weighted by atomic mass is 32.2. The van der Waals surface area contributed by atoms with E-state index < -0.39 is 65.4 Å². The molecule has 2 N–H and O–H groups in total. The van der Waals surface area contributed by atoms with Gasteiger partial charge in [0, 0.05) is 18.1 Å². The summed E-state index contributed by atoms with van der Waals surface area (Å²) >= 11 is 2.21. The first-order valence-corrected chi connectivity index (χ1v) is 14.1. The zero-order valence-electron chi connectivity index (χ0n) is 20.7. The van der Waals surface area contributed by atoms with Gasteiger partial charge in [-0.05, 0) is 39.5 Å². The molecule has 3 saturated heterocycles. The number of aliphatic carboxylic acids is 2. The van der Waals surface area contributed by atoms with E-state index in [9.17, 15) is 34.5 Å². The fourth-order valence-electron chi connectivity index (χ4n) is 5.25. The van der Waals surface area contributed by atoms with Crippen molar-refractivity contribution in [1.29, 1.82) is 0 Å². The molecule has 4 aliphatic rings. The second kappa shape index (κ2) is 10.6. The summed E-state index contributed by atoms with van der Waals surface area (Å²) in [5, 5.41) is 30.9. The Morgan fingerprint density at radius 3 is 2.37 bits per heavy atom. The number of esters is 1. The van der Waals surface area contributed by atoms with E-state index in [0.717, 1.165) is 24.2 Å². The molecule has 5 heterocycles. The number of carboxylic acid groups (broad SMARTS) is 2. The number of aliphatic hydroxyl groups excluding tert-OH is 1. The predicted octanol–water partition coefficient (Wildman–Crippen LogP) is 0.761. The van der Waals surface area contributed by atoms with E-state index in [-0.39, 0.29) is 16.4 Å². The minimum absolute atomic E-state index is 0.0545. The molecule has 3 fully saturated rings. The molecule has 0 aliphatic carbocycles. The van der Waals surface area contributed by atoms with Gasteiger partial charge in [-0.25, -0.2) is 9.78 Å². The molecule has 1 aromatic rings. The van der Waals surface area contributed by atoms with Crippen LogP contribution in [-0.4, -0.2) is 80.8 Å². The smallest absolute Gasteiger partial charge is 0.358 e. The maximum absolute atomic E-state index is 13.3. The Morgan fingerprint density at radius 2 is 1.82 bits per heavy atom. The monoisotopic (exact) mass is 567 g/mol. The van der Waals surface area contributed by atoms with E-state index in [2.05, 4.69) is 4.98 Å². The molecule has 206 valence electrons. The van der Waals surface area contributed by atoms with E-state index >= 15 is 0 Å². The van der Waals surface area contributed by atoms with Gasteiger partial charge in [0.2, 0.25) is 5.91 Å². The molecule has 0 aromatic carbocycles. The largest absolute Gasteiger partial charge is 0.543 e. The van der Waals surface area contributed by atoms with E-state index in [1.165, 1.54) is 23.6 Å². The van der Waals surface area contributed by atoms with Gasteiger partial charge >= 0.3 is 11.9 Å². The van der Waals surface area contributed by atoms with E-state index in [1.807, 2.05) is 0 Å². The summed E-state index contributed by atoms with van der Waals surface area (Å²) in [6.45, 7) is 3.87. The Labute approximate surface area is 225 Å². The van der Waals surface area contributed by atoms with Gasteiger partial charge in [0.15, 0.2) is 5.69 Å². The fourth-order valence-corrected chi connectivity index (χ4v) is 8.27. The number of carboxylic acids is 2. The number of rotatable bonds is 9. The molecule has 38 heavy (non-hydrogen) atoms. The van der Waals surface area contributed by atoms with Gasteiger partial charge in [0.25, 0.3) is 0 Å². The van der Waals surface area contributed by atoms with Gasteiger partial charge in [0.1, 0.15) is 28.3 Å².